The van der Waals surface area contributed by atoms with Gasteiger partial charge in [-0.2, -0.15) is 0 Å². The van der Waals surface area contributed by atoms with Gasteiger partial charge in [0.05, 0.1) is 11.8 Å². The Balaban J connectivity index is 1.14. The number of amides is 2. The highest BCUT2D eigenvalue weighted by Crippen LogP contribution is 2.52. The molecule has 4 atom stereocenters. The molecule has 2 N–H and O–H groups in total. The molecule has 0 aromatic carbocycles. The number of nitrogens with one attached hydrogen (secondary N) is 2. The van der Waals surface area contributed by atoms with Gasteiger partial charge in [0, 0.05) is 33.2 Å². The summed E-state index contributed by atoms with van der Waals surface area (Å²) in [6, 6.07) is 0. The number of fused-ring (bicyclic) bond motifs is 5. The number of guanidine groups is 1. The Bertz CT molecular complexity index is 653. The van der Waals surface area contributed by atoms with Crippen LogP contribution in [0.2, 0.25) is 0 Å². The van der Waals surface area contributed by atoms with E-state index in [1.807, 2.05) is 0 Å². The van der Waals surface area contributed by atoms with E-state index in [4.69, 9.17) is 0 Å². The Hall–Kier alpha value is -1.89. The minimum absolute atomic E-state index is 0.0511. The first-order valence-electron chi connectivity index (χ1n) is 11.3. The highest BCUT2D eigenvalue weighted by atomic mass is 16.2. The molecule has 160 valence electrons. The van der Waals surface area contributed by atoms with Crippen LogP contribution in [-0.4, -0.2) is 73.9 Å². The van der Waals surface area contributed by atoms with E-state index >= 15 is 0 Å². The third-order valence-corrected chi connectivity index (χ3v) is 7.23. The zero-order valence-electron chi connectivity index (χ0n) is 17.8. The number of rotatable bonds is 7. The lowest BCUT2D eigenvalue weighted by Crippen LogP contribution is -2.44. The average molecular weight is 402 g/mol. The van der Waals surface area contributed by atoms with E-state index in [0.29, 0.717) is 13.1 Å². The van der Waals surface area contributed by atoms with Gasteiger partial charge in [-0.15, -0.1) is 0 Å². The largest absolute Gasteiger partial charge is 0.356 e. The summed E-state index contributed by atoms with van der Waals surface area (Å²) < 4.78 is 0. The van der Waals surface area contributed by atoms with E-state index in [2.05, 4.69) is 39.6 Å². The predicted octanol–water partition coefficient (Wildman–Crippen LogP) is 1.08. The highest BCUT2D eigenvalue weighted by Gasteiger charge is 2.58. The quantitative estimate of drug-likeness (QED) is 0.219. The number of hydrogen-bond donors (Lipinski definition) is 2. The molecule has 29 heavy (non-hydrogen) atoms. The van der Waals surface area contributed by atoms with Gasteiger partial charge in [0.1, 0.15) is 0 Å². The van der Waals surface area contributed by atoms with Crippen molar-refractivity contribution in [3.63, 3.8) is 0 Å². The Morgan fingerprint density at radius 1 is 1.03 bits per heavy atom. The van der Waals surface area contributed by atoms with E-state index < -0.39 is 0 Å². The van der Waals surface area contributed by atoms with Crippen molar-refractivity contribution in [1.29, 1.82) is 0 Å². The normalized spacial score (nSPS) is 32.3. The number of piperidine rings is 1. The summed E-state index contributed by atoms with van der Waals surface area (Å²) in [6.45, 7) is 7.80. The van der Waals surface area contributed by atoms with E-state index in [9.17, 15) is 9.59 Å². The number of imide groups is 1. The smallest absolute Gasteiger partial charge is 0.233 e. The van der Waals surface area contributed by atoms with Crippen molar-refractivity contribution < 1.29 is 9.59 Å². The second kappa shape index (κ2) is 8.86. The van der Waals surface area contributed by atoms with Crippen LogP contribution in [0.3, 0.4) is 0 Å². The summed E-state index contributed by atoms with van der Waals surface area (Å²) >= 11 is 0. The van der Waals surface area contributed by atoms with Gasteiger partial charge in [-0.25, -0.2) is 0 Å². The molecule has 4 rings (SSSR count). The molecule has 0 aromatic heterocycles. The van der Waals surface area contributed by atoms with Crippen molar-refractivity contribution in [3.8, 4) is 0 Å². The van der Waals surface area contributed by atoms with Gasteiger partial charge < -0.3 is 15.5 Å². The van der Waals surface area contributed by atoms with Crippen LogP contribution in [0.4, 0.5) is 0 Å². The van der Waals surface area contributed by atoms with Crippen molar-refractivity contribution in [1.82, 2.24) is 20.4 Å². The summed E-state index contributed by atoms with van der Waals surface area (Å²) in [7, 11) is 1.77. The number of carbonyl (C=O) groups is 2. The molecule has 1 saturated carbocycles. The maximum Gasteiger partial charge on any atom is 0.233 e. The van der Waals surface area contributed by atoms with E-state index in [0.717, 1.165) is 37.8 Å². The first-order valence-corrected chi connectivity index (χ1v) is 11.3. The van der Waals surface area contributed by atoms with Crippen molar-refractivity contribution in [2.75, 3.05) is 46.3 Å². The maximum atomic E-state index is 12.7. The third-order valence-electron chi connectivity index (χ3n) is 7.23. The topological polar surface area (TPSA) is 77.0 Å². The Kier molecular flexibility index (Phi) is 6.23. The van der Waals surface area contributed by atoms with Crippen LogP contribution in [0.5, 0.6) is 0 Å². The molecular weight excluding hydrogens is 366 g/mol. The summed E-state index contributed by atoms with van der Waals surface area (Å²) in [5.41, 5.74) is 0. The number of hydrogen-bond acceptors (Lipinski definition) is 4. The van der Waals surface area contributed by atoms with Gasteiger partial charge in [0.15, 0.2) is 5.96 Å². The molecule has 2 bridgehead atoms. The molecule has 2 aliphatic heterocycles. The van der Waals surface area contributed by atoms with Crippen molar-refractivity contribution in [3.05, 3.63) is 12.2 Å². The zero-order chi connectivity index (χ0) is 20.4. The average Bonchev–Trinajstić information content (AvgIpc) is 3.40. The van der Waals surface area contributed by atoms with Crippen LogP contribution in [0.1, 0.15) is 32.6 Å². The molecule has 7 heteroatoms. The standard InChI is InChI=1S/C22H35N5O2/c1-15-6-11-26(12-7-15)13-9-25-22(23-2)24-8-3-10-27-20(28)18-16-4-5-17(14-16)19(18)21(27)29/h4-5,15-19H,3,6-14H2,1-2H3,(H2,23,24,25). The van der Waals surface area contributed by atoms with Crippen LogP contribution in [0, 0.1) is 29.6 Å². The molecule has 2 saturated heterocycles. The van der Waals surface area contributed by atoms with Gasteiger partial charge in [0.25, 0.3) is 0 Å². The number of allylic oxidation sites excluding steroid dienone is 2. The summed E-state index contributed by atoms with van der Waals surface area (Å²) in [5, 5.41) is 6.67. The van der Waals surface area contributed by atoms with Crippen LogP contribution in [0.25, 0.3) is 0 Å². The molecule has 4 aliphatic rings. The van der Waals surface area contributed by atoms with Crippen LogP contribution in [0.15, 0.2) is 17.1 Å². The van der Waals surface area contributed by atoms with Crippen molar-refractivity contribution in [2.45, 2.75) is 32.6 Å². The van der Waals surface area contributed by atoms with Gasteiger partial charge in [0.2, 0.25) is 11.8 Å². The highest BCUT2D eigenvalue weighted by molar-refractivity contribution is 6.06. The summed E-state index contributed by atoms with van der Waals surface area (Å²) in [4.78, 5) is 33.7. The molecule has 2 heterocycles. The minimum Gasteiger partial charge on any atom is -0.356 e. The van der Waals surface area contributed by atoms with Crippen molar-refractivity contribution in [2.24, 2.45) is 34.6 Å². The lowest BCUT2D eigenvalue weighted by atomic mass is 9.85. The predicted molar refractivity (Wildman–Crippen MR) is 113 cm³/mol. The first kappa shape index (κ1) is 20.4. The lowest BCUT2D eigenvalue weighted by Gasteiger charge is -2.30. The van der Waals surface area contributed by atoms with E-state index in [1.165, 1.54) is 30.8 Å². The van der Waals surface area contributed by atoms with Gasteiger partial charge in [-0.05, 0) is 56.5 Å². The number of nitrogens with zero attached hydrogens (tertiary/aromatic N) is 3. The maximum absolute atomic E-state index is 12.7. The van der Waals surface area contributed by atoms with Crippen LogP contribution < -0.4 is 10.6 Å². The minimum atomic E-state index is -0.0855. The second-order valence-corrected chi connectivity index (χ2v) is 9.13. The Morgan fingerprint density at radius 2 is 1.66 bits per heavy atom. The van der Waals surface area contributed by atoms with Crippen molar-refractivity contribution >= 4 is 17.8 Å². The molecule has 7 nitrogen and oxygen atoms in total. The van der Waals surface area contributed by atoms with E-state index in [-0.39, 0.29) is 35.5 Å². The summed E-state index contributed by atoms with van der Waals surface area (Å²) in [6.07, 6.45) is 8.59. The third kappa shape index (κ3) is 4.20. The van der Waals surface area contributed by atoms with Crippen LogP contribution >= 0.6 is 0 Å². The molecule has 3 fully saturated rings. The second-order valence-electron chi connectivity index (χ2n) is 9.13. The fourth-order valence-electron chi connectivity index (χ4n) is 5.47. The van der Waals surface area contributed by atoms with Gasteiger partial charge >= 0.3 is 0 Å². The fourth-order valence-corrected chi connectivity index (χ4v) is 5.47. The Labute approximate surface area is 174 Å². The molecule has 2 aliphatic carbocycles. The summed E-state index contributed by atoms with van der Waals surface area (Å²) in [5.74, 6) is 2.15. The number of likely N-dealkylation sites (tertiary alicyclic amines) is 2. The molecule has 0 radical (unpaired) electrons. The zero-order valence-corrected chi connectivity index (χ0v) is 17.8. The molecule has 0 spiro atoms. The lowest BCUT2D eigenvalue weighted by molar-refractivity contribution is -0.140. The SMILES string of the molecule is CN=C(NCCCN1C(=O)C2C3C=CC(C3)C2C1=O)NCCN1CCC(C)CC1. The van der Waals surface area contributed by atoms with Crippen LogP contribution in [-0.2, 0) is 9.59 Å². The Morgan fingerprint density at radius 3 is 2.28 bits per heavy atom. The monoisotopic (exact) mass is 401 g/mol. The molecule has 4 unspecified atom stereocenters. The molecule has 2 amide bonds. The number of aliphatic imine (C=N–C) groups is 1. The first-order chi connectivity index (χ1) is 14.1. The fraction of sp³-hybridized carbons (Fsp3) is 0.773. The van der Waals surface area contributed by atoms with Gasteiger partial charge in [-0.3, -0.25) is 19.5 Å². The van der Waals surface area contributed by atoms with E-state index in [1.54, 1.807) is 7.05 Å². The van der Waals surface area contributed by atoms with Gasteiger partial charge in [-0.1, -0.05) is 19.1 Å². The molecule has 0 aromatic rings. The number of carbonyl (C=O) groups excluding carboxylic acids is 2. The molecular formula is C22H35N5O2.